The van der Waals surface area contributed by atoms with Crippen molar-refractivity contribution in [2.24, 2.45) is 0 Å². The van der Waals surface area contributed by atoms with Gasteiger partial charge in [-0.15, -0.1) is 0 Å². The average Bonchev–Trinajstić information content (AvgIpc) is 2.20. The summed E-state index contributed by atoms with van der Waals surface area (Å²) in [5.41, 5.74) is 0.635. The summed E-state index contributed by atoms with van der Waals surface area (Å²) in [6.07, 6.45) is 0. The largest absolute Gasteiger partial charge is 0.504 e. The van der Waals surface area contributed by atoms with Gasteiger partial charge >= 0.3 is 5.97 Å². The van der Waals surface area contributed by atoms with Crippen LogP contribution in [0.5, 0.6) is 17.2 Å². The number of rotatable bonds is 1. The third-order valence-electron chi connectivity index (χ3n) is 3.09. The zero-order chi connectivity index (χ0) is 15.9. The molecule has 4 heteroatoms. The van der Waals surface area contributed by atoms with E-state index in [9.17, 15) is 15.0 Å². The highest BCUT2D eigenvalue weighted by molar-refractivity contribution is 5.73. The fourth-order valence-corrected chi connectivity index (χ4v) is 2.02. The van der Waals surface area contributed by atoms with E-state index in [1.54, 1.807) is 6.07 Å². The fraction of sp³-hybridized carbons (Fsp3) is 0.562. The maximum absolute atomic E-state index is 11.2. The van der Waals surface area contributed by atoms with Crippen LogP contribution in [0.15, 0.2) is 6.07 Å². The van der Waals surface area contributed by atoms with Gasteiger partial charge in [-0.05, 0) is 16.9 Å². The number of carbonyl (C=O) groups excluding carboxylic acids is 1. The number of phenols is 2. The molecule has 0 aliphatic rings. The highest BCUT2D eigenvalue weighted by atomic mass is 16.5. The van der Waals surface area contributed by atoms with Crippen molar-refractivity contribution in [3.63, 3.8) is 0 Å². The van der Waals surface area contributed by atoms with Crippen molar-refractivity contribution in [1.29, 1.82) is 0 Å². The zero-order valence-electron chi connectivity index (χ0n) is 13.3. The SMILES string of the molecule is CC(=O)Oc1c(C(C)(C)C)cc(C(C)(C)C)c(O)c1O. The first-order chi connectivity index (χ1) is 8.85. The molecule has 0 saturated carbocycles. The molecule has 20 heavy (non-hydrogen) atoms. The monoisotopic (exact) mass is 280 g/mol. The molecule has 112 valence electrons. The summed E-state index contributed by atoms with van der Waals surface area (Å²) in [5, 5.41) is 20.4. The van der Waals surface area contributed by atoms with Gasteiger partial charge in [0.25, 0.3) is 0 Å². The summed E-state index contributed by atoms with van der Waals surface area (Å²) >= 11 is 0. The van der Waals surface area contributed by atoms with Crippen molar-refractivity contribution in [3.05, 3.63) is 17.2 Å². The zero-order valence-corrected chi connectivity index (χ0v) is 13.3. The van der Waals surface area contributed by atoms with Gasteiger partial charge in [-0.3, -0.25) is 4.79 Å². The van der Waals surface area contributed by atoms with Gasteiger partial charge in [-0.25, -0.2) is 0 Å². The smallest absolute Gasteiger partial charge is 0.308 e. The normalized spacial score (nSPS) is 12.3. The van der Waals surface area contributed by atoms with Crippen LogP contribution in [-0.4, -0.2) is 16.2 Å². The van der Waals surface area contributed by atoms with E-state index in [0.717, 1.165) is 0 Å². The number of benzene rings is 1. The maximum atomic E-state index is 11.2. The van der Waals surface area contributed by atoms with Crippen LogP contribution in [0, 0.1) is 0 Å². The first kappa shape index (κ1) is 16.3. The Labute approximate surface area is 120 Å². The topological polar surface area (TPSA) is 66.8 Å². The molecule has 2 N–H and O–H groups in total. The van der Waals surface area contributed by atoms with E-state index in [0.29, 0.717) is 11.1 Å². The van der Waals surface area contributed by atoms with Crippen LogP contribution in [0.3, 0.4) is 0 Å². The van der Waals surface area contributed by atoms with E-state index in [1.165, 1.54) is 6.92 Å². The molecule has 0 bridgehead atoms. The Morgan fingerprint density at radius 2 is 1.40 bits per heavy atom. The molecule has 0 radical (unpaired) electrons. The summed E-state index contributed by atoms with van der Waals surface area (Å²) < 4.78 is 5.10. The minimum Gasteiger partial charge on any atom is -0.504 e. The molecule has 0 aliphatic carbocycles. The van der Waals surface area contributed by atoms with Crippen molar-refractivity contribution < 1.29 is 19.7 Å². The highest BCUT2D eigenvalue weighted by Gasteiger charge is 2.30. The van der Waals surface area contributed by atoms with Gasteiger partial charge in [-0.1, -0.05) is 41.5 Å². The van der Waals surface area contributed by atoms with Crippen molar-refractivity contribution in [1.82, 2.24) is 0 Å². The average molecular weight is 280 g/mol. The van der Waals surface area contributed by atoms with E-state index in [-0.39, 0.29) is 28.1 Å². The second-order valence-electron chi connectivity index (χ2n) is 7.09. The predicted molar refractivity (Wildman–Crippen MR) is 78.5 cm³/mol. The molecule has 0 heterocycles. The molecule has 0 amide bonds. The summed E-state index contributed by atoms with van der Waals surface area (Å²) in [4.78, 5) is 11.2. The van der Waals surface area contributed by atoms with Crippen molar-refractivity contribution in [2.75, 3.05) is 0 Å². The Morgan fingerprint density at radius 1 is 0.950 bits per heavy atom. The second-order valence-corrected chi connectivity index (χ2v) is 7.09. The molecule has 0 atom stereocenters. The Hall–Kier alpha value is -1.71. The second kappa shape index (κ2) is 5.00. The van der Waals surface area contributed by atoms with Gasteiger partial charge in [0.15, 0.2) is 11.5 Å². The molecule has 0 unspecified atom stereocenters. The molecule has 1 aromatic rings. The van der Waals surface area contributed by atoms with Gasteiger partial charge in [-0.2, -0.15) is 0 Å². The van der Waals surface area contributed by atoms with Crippen molar-refractivity contribution in [3.8, 4) is 17.2 Å². The number of carbonyl (C=O) groups is 1. The quantitative estimate of drug-likeness (QED) is 0.468. The van der Waals surface area contributed by atoms with E-state index < -0.39 is 5.97 Å². The highest BCUT2D eigenvalue weighted by Crippen LogP contribution is 2.48. The van der Waals surface area contributed by atoms with Crippen molar-refractivity contribution >= 4 is 5.97 Å². The summed E-state index contributed by atoms with van der Waals surface area (Å²) in [6, 6.07) is 1.80. The Morgan fingerprint density at radius 3 is 1.75 bits per heavy atom. The molecule has 0 aliphatic heterocycles. The predicted octanol–water partition coefficient (Wildman–Crippen LogP) is 3.62. The Kier molecular flexibility index (Phi) is 4.09. The van der Waals surface area contributed by atoms with E-state index in [1.807, 2.05) is 41.5 Å². The summed E-state index contributed by atoms with van der Waals surface area (Å²) in [6.45, 7) is 13.0. The number of phenolic OH excluding ortho intramolecular Hbond substituents is 2. The van der Waals surface area contributed by atoms with Crippen LogP contribution >= 0.6 is 0 Å². The lowest BCUT2D eigenvalue weighted by molar-refractivity contribution is -0.132. The van der Waals surface area contributed by atoms with Crippen LogP contribution < -0.4 is 4.74 Å². The van der Waals surface area contributed by atoms with E-state index in [2.05, 4.69) is 0 Å². The molecule has 0 fully saturated rings. The standard InChI is InChI=1S/C16H24O4/c1-9(17)20-14-11(16(5,6)7)8-10(15(2,3)4)12(18)13(14)19/h8,18-19H,1-7H3. The number of hydrogen-bond acceptors (Lipinski definition) is 4. The molecule has 1 aromatic carbocycles. The molecule has 1 rings (SSSR count). The van der Waals surface area contributed by atoms with Crippen LogP contribution in [-0.2, 0) is 15.6 Å². The summed E-state index contributed by atoms with van der Waals surface area (Å²) in [7, 11) is 0. The van der Waals surface area contributed by atoms with Crippen LogP contribution in [0.1, 0.15) is 59.6 Å². The van der Waals surface area contributed by atoms with Gasteiger partial charge < -0.3 is 14.9 Å². The van der Waals surface area contributed by atoms with Crippen LogP contribution in [0.2, 0.25) is 0 Å². The van der Waals surface area contributed by atoms with Crippen LogP contribution in [0.4, 0.5) is 0 Å². The van der Waals surface area contributed by atoms with Crippen molar-refractivity contribution in [2.45, 2.75) is 59.3 Å². The van der Waals surface area contributed by atoms with Crippen LogP contribution in [0.25, 0.3) is 0 Å². The number of hydrogen-bond donors (Lipinski definition) is 2. The van der Waals surface area contributed by atoms with Gasteiger partial charge in [0.2, 0.25) is 5.75 Å². The Balaban J connectivity index is 3.69. The first-order valence-corrected chi connectivity index (χ1v) is 6.64. The van der Waals surface area contributed by atoms with E-state index in [4.69, 9.17) is 4.74 Å². The third kappa shape index (κ3) is 3.24. The number of ether oxygens (including phenoxy) is 1. The fourth-order valence-electron chi connectivity index (χ4n) is 2.02. The molecular formula is C16H24O4. The summed E-state index contributed by atoms with van der Waals surface area (Å²) in [5.74, 6) is -1.11. The lowest BCUT2D eigenvalue weighted by atomic mass is 9.79. The maximum Gasteiger partial charge on any atom is 0.308 e. The first-order valence-electron chi connectivity index (χ1n) is 6.64. The minimum absolute atomic E-state index is 0.0375. The molecular weight excluding hydrogens is 256 g/mol. The molecule has 0 spiro atoms. The van der Waals surface area contributed by atoms with Gasteiger partial charge in [0, 0.05) is 18.1 Å². The number of esters is 1. The molecule has 0 saturated heterocycles. The van der Waals surface area contributed by atoms with Gasteiger partial charge in [0.1, 0.15) is 0 Å². The molecule has 4 nitrogen and oxygen atoms in total. The number of aromatic hydroxyl groups is 2. The molecule has 0 aromatic heterocycles. The lowest BCUT2D eigenvalue weighted by Crippen LogP contribution is -2.19. The van der Waals surface area contributed by atoms with E-state index >= 15 is 0 Å². The Bertz CT molecular complexity index is 531. The third-order valence-corrected chi connectivity index (χ3v) is 3.09. The van der Waals surface area contributed by atoms with Gasteiger partial charge in [0.05, 0.1) is 0 Å². The minimum atomic E-state index is -0.534. The lowest BCUT2D eigenvalue weighted by Gasteiger charge is -2.28.